The second kappa shape index (κ2) is 17.3. The number of sulfonamides is 1. The molecular weight excluding hydrogens is 654 g/mol. The minimum atomic E-state index is -3.84. The number of aliphatic hydroxyl groups excluding tert-OH is 1. The molecule has 48 heavy (non-hydrogen) atoms. The summed E-state index contributed by atoms with van der Waals surface area (Å²) >= 11 is 5.98. The Bertz CT molecular complexity index is 1620. The highest BCUT2D eigenvalue weighted by atomic mass is 35.5. The number of ether oxygens (including phenoxy) is 2. The minimum absolute atomic E-state index is 0.0510. The molecule has 1 aliphatic heterocycles. The van der Waals surface area contributed by atoms with Crippen LogP contribution in [0.2, 0.25) is 5.02 Å². The number of rotatable bonds is 9. The highest BCUT2D eigenvalue weighted by Gasteiger charge is 2.32. The van der Waals surface area contributed by atoms with Gasteiger partial charge in [0.1, 0.15) is 5.75 Å². The molecule has 0 saturated heterocycles. The van der Waals surface area contributed by atoms with E-state index in [0.717, 1.165) is 18.4 Å². The van der Waals surface area contributed by atoms with E-state index in [1.165, 1.54) is 35.6 Å². The van der Waals surface area contributed by atoms with Crippen molar-refractivity contribution >= 4 is 39.1 Å². The van der Waals surface area contributed by atoms with Gasteiger partial charge in [0.05, 0.1) is 41.7 Å². The van der Waals surface area contributed by atoms with E-state index >= 15 is 0 Å². The molecule has 4 rings (SSSR count). The molecule has 12 heteroatoms. The third kappa shape index (κ3) is 10.0. The second-order valence-corrected chi connectivity index (χ2v) is 14.9. The SMILES string of the molecule is C[C@@H]1CCCCO[C@@H](CN(C)S(=O)(=O)c2ccc(Cl)cc2)[C@@H](C)CN([C@H](C)CO)C(=O)c2cc(NC(=O)Cc3ccccc3)ccc2O1. The molecule has 0 aromatic heterocycles. The van der Waals surface area contributed by atoms with Crippen LogP contribution in [-0.4, -0.2) is 86.1 Å². The van der Waals surface area contributed by atoms with E-state index in [-0.39, 0.29) is 60.4 Å². The summed E-state index contributed by atoms with van der Waals surface area (Å²) in [5.74, 6) is -0.556. The van der Waals surface area contributed by atoms with Crippen LogP contribution >= 0.6 is 11.6 Å². The lowest BCUT2D eigenvalue weighted by Crippen LogP contribution is -2.48. The number of hydrogen-bond donors (Lipinski definition) is 2. The van der Waals surface area contributed by atoms with Gasteiger partial charge >= 0.3 is 0 Å². The maximum Gasteiger partial charge on any atom is 0.258 e. The van der Waals surface area contributed by atoms with Gasteiger partial charge in [-0.3, -0.25) is 9.59 Å². The number of halogens is 1. The van der Waals surface area contributed by atoms with Gasteiger partial charge < -0.3 is 24.8 Å². The molecule has 0 spiro atoms. The molecule has 1 aliphatic rings. The first-order valence-corrected chi connectivity index (χ1v) is 18.1. The Kier molecular flexibility index (Phi) is 13.4. The summed E-state index contributed by atoms with van der Waals surface area (Å²) < 4.78 is 40.7. The molecule has 3 aromatic carbocycles. The second-order valence-electron chi connectivity index (χ2n) is 12.5. The van der Waals surface area contributed by atoms with E-state index in [0.29, 0.717) is 29.5 Å². The zero-order chi connectivity index (χ0) is 34.8. The summed E-state index contributed by atoms with van der Waals surface area (Å²) in [4.78, 5) is 28.9. The molecule has 4 atom stereocenters. The molecule has 3 aromatic rings. The third-order valence-corrected chi connectivity index (χ3v) is 10.6. The van der Waals surface area contributed by atoms with Crippen LogP contribution in [-0.2, 0) is 26.0 Å². The Morgan fingerprint density at radius 1 is 1.08 bits per heavy atom. The number of anilines is 1. The number of benzene rings is 3. The van der Waals surface area contributed by atoms with Gasteiger partial charge in [-0.05, 0) is 81.1 Å². The van der Waals surface area contributed by atoms with Crippen molar-refractivity contribution in [2.45, 2.75) is 69.6 Å². The van der Waals surface area contributed by atoms with Gasteiger partial charge in [-0.1, -0.05) is 48.9 Å². The molecule has 0 unspecified atom stereocenters. The Morgan fingerprint density at radius 2 is 1.79 bits per heavy atom. The molecule has 0 radical (unpaired) electrons. The summed E-state index contributed by atoms with van der Waals surface area (Å²) in [7, 11) is -2.34. The molecular formula is C36H46ClN3O7S. The zero-order valence-electron chi connectivity index (χ0n) is 28.0. The van der Waals surface area contributed by atoms with Crippen molar-refractivity contribution in [2.75, 3.05) is 38.7 Å². The van der Waals surface area contributed by atoms with Crippen LogP contribution in [0, 0.1) is 5.92 Å². The molecule has 0 saturated carbocycles. The molecule has 1 heterocycles. The van der Waals surface area contributed by atoms with Crippen molar-refractivity contribution in [1.82, 2.24) is 9.21 Å². The molecule has 10 nitrogen and oxygen atoms in total. The lowest BCUT2D eigenvalue weighted by Gasteiger charge is -2.35. The average molecular weight is 700 g/mol. The minimum Gasteiger partial charge on any atom is -0.490 e. The summed E-state index contributed by atoms with van der Waals surface area (Å²) in [6, 6.07) is 19.8. The third-order valence-electron chi connectivity index (χ3n) is 8.50. The maximum atomic E-state index is 14.4. The summed E-state index contributed by atoms with van der Waals surface area (Å²) in [6.07, 6.45) is 1.64. The fourth-order valence-corrected chi connectivity index (χ4v) is 6.90. The number of hydrogen-bond acceptors (Lipinski definition) is 7. The van der Waals surface area contributed by atoms with Crippen molar-refractivity contribution < 1.29 is 32.6 Å². The fraction of sp³-hybridized carbons (Fsp3) is 0.444. The van der Waals surface area contributed by atoms with Gasteiger partial charge in [-0.15, -0.1) is 0 Å². The number of likely N-dealkylation sites (N-methyl/N-ethyl adjacent to an activating group) is 1. The normalized spacial score (nSPS) is 20.4. The van der Waals surface area contributed by atoms with Crippen LogP contribution in [0.25, 0.3) is 0 Å². The van der Waals surface area contributed by atoms with E-state index < -0.39 is 22.2 Å². The summed E-state index contributed by atoms with van der Waals surface area (Å²) in [6.45, 7) is 5.91. The summed E-state index contributed by atoms with van der Waals surface area (Å²) in [5, 5.41) is 13.6. The molecule has 2 N–H and O–H groups in total. The van der Waals surface area contributed by atoms with Gasteiger partial charge in [-0.2, -0.15) is 4.31 Å². The van der Waals surface area contributed by atoms with Gasteiger partial charge in [0.25, 0.3) is 5.91 Å². The van der Waals surface area contributed by atoms with Gasteiger partial charge in [-0.25, -0.2) is 8.42 Å². The monoisotopic (exact) mass is 699 g/mol. The number of nitrogens with zero attached hydrogens (tertiary/aromatic N) is 2. The Balaban J connectivity index is 1.62. The van der Waals surface area contributed by atoms with E-state index in [1.54, 1.807) is 30.0 Å². The quantitative estimate of drug-likeness (QED) is 0.296. The number of carbonyl (C=O) groups excluding carboxylic acids is 2. The maximum absolute atomic E-state index is 14.4. The number of amides is 2. The first-order chi connectivity index (χ1) is 22.9. The van der Waals surface area contributed by atoms with Crippen LogP contribution < -0.4 is 10.1 Å². The van der Waals surface area contributed by atoms with Crippen molar-refractivity contribution in [3.63, 3.8) is 0 Å². The number of nitrogens with one attached hydrogen (secondary N) is 1. The van der Waals surface area contributed by atoms with Crippen LogP contribution in [0.15, 0.2) is 77.7 Å². The first kappa shape index (κ1) is 37.3. The van der Waals surface area contributed by atoms with Crippen molar-refractivity contribution in [2.24, 2.45) is 5.92 Å². The van der Waals surface area contributed by atoms with Crippen molar-refractivity contribution in [3.8, 4) is 5.75 Å². The Labute approximate surface area is 289 Å². The van der Waals surface area contributed by atoms with Crippen molar-refractivity contribution in [1.29, 1.82) is 0 Å². The number of fused-ring (bicyclic) bond motifs is 1. The summed E-state index contributed by atoms with van der Waals surface area (Å²) in [5.41, 5.74) is 1.56. The molecule has 2 amide bonds. The van der Waals surface area contributed by atoms with Gasteiger partial charge in [0.2, 0.25) is 15.9 Å². The number of aliphatic hydroxyl groups is 1. The van der Waals surface area contributed by atoms with Crippen LogP contribution in [0.4, 0.5) is 5.69 Å². The van der Waals surface area contributed by atoms with Crippen LogP contribution in [0.5, 0.6) is 5.75 Å². The van der Waals surface area contributed by atoms with E-state index in [2.05, 4.69) is 5.32 Å². The average Bonchev–Trinajstić information content (AvgIpc) is 3.06. The molecule has 0 bridgehead atoms. The highest BCUT2D eigenvalue weighted by Crippen LogP contribution is 2.29. The van der Waals surface area contributed by atoms with Crippen molar-refractivity contribution in [3.05, 3.63) is 88.9 Å². The van der Waals surface area contributed by atoms with E-state index in [9.17, 15) is 23.1 Å². The molecule has 0 aliphatic carbocycles. The van der Waals surface area contributed by atoms with Gasteiger partial charge in [0.15, 0.2) is 0 Å². The lowest BCUT2D eigenvalue weighted by atomic mass is 10.0. The zero-order valence-corrected chi connectivity index (χ0v) is 29.5. The van der Waals surface area contributed by atoms with Crippen LogP contribution in [0.3, 0.4) is 0 Å². The lowest BCUT2D eigenvalue weighted by molar-refractivity contribution is -0.115. The predicted molar refractivity (Wildman–Crippen MR) is 187 cm³/mol. The topological polar surface area (TPSA) is 125 Å². The van der Waals surface area contributed by atoms with E-state index in [4.69, 9.17) is 21.1 Å². The smallest absolute Gasteiger partial charge is 0.258 e. The van der Waals surface area contributed by atoms with Gasteiger partial charge in [0, 0.05) is 43.4 Å². The van der Waals surface area contributed by atoms with E-state index in [1.807, 2.05) is 44.2 Å². The molecule has 260 valence electrons. The molecule has 0 fully saturated rings. The standard InChI is InChI=1S/C36H46ClN3O7S/c1-25-22-40(26(2)24-41)36(43)32-21-30(38-35(42)20-28-11-6-5-7-12-28)15-18-33(32)47-27(3)10-8-9-19-46-34(25)23-39(4)48(44,45)31-16-13-29(37)14-17-31/h5-7,11-18,21,25-27,34,41H,8-10,19-20,22-24H2,1-4H3,(H,38,42)/t25-,26+,27+,34-/m0/s1. The Hall–Kier alpha value is -3.48. The first-order valence-electron chi connectivity index (χ1n) is 16.3. The fourth-order valence-electron chi connectivity index (χ4n) is 5.59. The Morgan fingerprint density at radius 3 is 2.48 bits per heavy atom. The number of carbonyl (C=O) groups is 2. The van der Waals surface area contributed by atoms with Crippen LogP contribution in [0.1, 0.15) is 56.0 Å². The highest BCUT2D eigenvalue weighted by molar-refractivity contribution is 7.89. The predicted octanol–water partition coefficient (Wildman–Crippen LogP) is 5.64. The largest absolute Gasteiger partial charge is 0.490 e.